The van der Waals surface area contributed by atoms with Crippen LogP contribution < -0.4 is 11.3 Å². The number of nitrogens with zero attached hydrogens (tertiary/aromatic N) is 1. The summed E-state index contributed by atoms with van der Waals surface area (Å²) in [7, 11) is 0. The molecular formula is C15H18FN3. The Hall–Kier alpha value is -1.78. The predicted molar refractivity (Wildman–Crippen MR) is 73.9 cm³/mol. The van der Waals surface area contributed by atoms with Crippen LogP contribution in [0.4, 0.5) is 4.39 Å². The quantitative estimate of drug-likeness (QED) is 0.655. The van der Waals surface area contributed by atoms with Gasteiger partial charge < -0.3 is 0 Å². The first kappa shape index (κ1) is 13.6. The number of halogens is 1. The molecule has 1 heterocycles. The van der Waals surface area contributed by atoms with Crippen molar-refractivity contribution >= 4 is 0 Å². The highest BCUT2D eigenvalue weighted by atomic mass is 19.1. The van der Waals surface area contributed by atoms with Crippen molar-refractivity contribution in [3.05, 3.63) is 64.7 Å². The van der Waals surface area contributed by atoms with Crippen molar-refractivity contribution in [1.82, 2.24) is 10.4 Å². The number of aromatic nitrogens is 1. The molecule has 0 saturated heterocycles. The lowest BCUT2D eigenvalue weighted by Crippen LogP contribution is -2.29. The molecule has 1 unspecified atom stereocenters. The first-order chi connectivity index (χ1) is 9.17. The Kier molecular flexibility index (Phi) is 4.24. The Bertz CT molecular complexity index is 569. The van der Waals surface area contributed by atoms with Crippen LogP contribution in [0.25, 0.3) is 0 Å². The number of hydrogen-bond donors (Lipinski definition) is 2. The fourth-order valence-corrected chi connectivity index (χ4v) is 2.23. The third-order valence-electron chi connectivity index (χ3n) is 3.32. The molecule has 2 aromatic rings. The van der Waals surface area contributed by atoms with Crippen molar-refractivity contribution in [2.45, 2.75) is 26.3 Å². The van der Waals surface area contributed by atoms with Crippen molar-refractivity contribution in [1.29, 1.82) is 0 Å². The minimum Gasteiger partial charge on any atom is -0.271 e. The maximum atomic E-state index is 13.4. The summed E-state index contributed by atoms with van der Waals surface area (Å²) in [5.74, 6) is 5.48. The van der Waals surface area contributed by atoms with E-state index in [2.05, 4.69) is 17.3 Å². The van der Waals surface area contributed by atoms with Crippen molar-refractivity contribution in [2.75, 3.05) is 0 Å². The molecule has 0 saturated carbocycles. The van der Waals surface area contributed by atoms with Crippen LogP contribution in [0.2, 0.25) is 0 Å². The normalized spacial score (nSPS) is 12.4. The molecule has 1 atom stereocenters. The third-order valence-corrected chi connectivity index (χ3v) is 3.32. The standard InChI is InChI=1S/C15H18FN3/c1-3-11-9-18-7-6-13(11)15(19-17)12-4-5-14(16)10(2)8-12/h4-9,15,19H,3,17H2,1-2H3. The smallest absolute Gasteiger partial charge is 0.126 e. The molecule has 1 aromatic carbocycles. The molecule has 3 N–H and O–H groups in total. The second-order valence-corrected chi connectivity index (χ2v) is 4.54. The van der Waals surface area contributed by atoms with E-state index < -0.39 is 0 Å². The van der Waals surface area contributed by atoms with Gasteiger partial charge in [0.2, 0.25) is 0 Å². The van der Waals surface area contributed by atoms with E-state index in [1.807, 2.05) is 18.3 Å². The Labute approximate surface area is 112 Å². The molecule has 0 radical (unpaired) electrons. The zero-order chi connectivity index (χ0) is 13.8. The molecule has 0 aliphatic rings. The van der Waals surface area contributed by atoms with Gasteiger partial charge in [0.25, 0.3) is 0 Å². The van der Waals surface area contributed by atoms with Crippen LogP contribution in [0.3, 0.4) is 0 Å². The van der Waals surface area contributed by atoms with Crippen molar-refractivity contribution in [2.24, 2.45) is 5.84 Å². The van der Waals surface area contributed by atoms with E-state index in [-0.39, 0.29) is 11.9 Å². The number of nitrogens with two attached hydrogens (primary N) is 1. The largest absolute Gasteiger partial charge is 0.271 e. The van der Waals surface area contributed by atoms with Gasteiger partial charge >= 0.3 is 0 Å². The van der Waals surface area contributed by atoms with Crippen LogP contribution in [0, 0.1) is 12.7 Å². The number of hydrazine groups is 1. The zero-order valence-corrected chi connectivity index (χ0v) is 11.2. The highest BCUT2D eigenvalue weighted by Gasteiger charge is 2.16. The maximum absolute atomic E-state index is 13.4. The third kappa shape index (κ3) is 2.80. The average Bonchev–Trinajstić information content (AvgIpc) is 2.44. The lowest BCUT2D eigenvalue weighted by atomic mass is 9.94. The van der Waals surface area contributed by atoms with Gasteiger partial charge in [-0.15, -0.1) is 0 Å². The number of rotatable bonds is 4. The second kappa shape index (κ2) is 5.91. The SMILES string of the molecule is CCc1cnccc1C(NN)c1ccc(F)c(C)c1. The van der Waals surface area contributed by atoms with E-state index in [1.54, 1.807) is 19.2 Å². The van der Waals surface area contributed by atoms with Gasteiger partial charge in [-0.25, -0.2) is 9.82 Å². The van der Waals surface area contributed by atoms with E-state index in [0.29, 0.717) is 5.56 Å². The van der Waals surface area contributed by atoms with Gasteiger partial charge in [-0.3, -0.25) is 10.8 Å². The number of aryl methyl sites for hydroxylation is 2. The number of hydrogen-bond acceptors (Lipinski definition) is 3. The van der Waals surface area contributed by atoms with E-state index in [1.165, 1.54) is 6.07 Å². The van der Waals surface area contributed by atoms with Crippen LogP contribution in [0.1, 0.15) is 35.2 Å². The summed E-state index contributed by atoms with van der Waals surface area (Å²) in [5.41, 5.74) is 6.57. The highest BCUT2D eigenvalue weighted by molar-refractivity contribution is 5.37. The van der Waals surface area contributed by atoms with Crippen molar-refractivity contribution in [3.63, 3.8) is 0 Å². The summed E-state index contributed by atoms with van der Waals surface area (Å²) >= 11 is 0. The minimum absolute atomic E-state index is 0.155. The summed E-state index contributed by atoms with van der Waals surface area (Å²) in [4.78, 5) is 4.13. The Morgan fingerprint density at radius 3 is 2.79 bits per heavy atom. The molecule has 19 heavy (non-hydrogen) atoms. The molecule has 0 amide bonds. The first-order valence-corrected chi connectivity index (χ1v) is 6.32. The predicted octanol–water partition coefficient (Wildman–Crippen LogP) is 2.64. The first-order valence-electron chi connectivity index (χ1n) is 6.32. The van der Waals surface area contributed by atoms with Crippen LogP contribution >= 0.6 is 0 Å². The average molecular weight is 259 g/mol. The molecule has 3 nitrogen and oxygen atoms in total. The van der Waals surface area contributed by atoms with Gasteiger partial charge in [-0.2, -0.15) is 0 Å². The fourth-order valence-electron chi connectivity index (χ4n) is 2.23. The van der Waals surface area contributed by atoms with Crippen molar-refractivity contribution in [3.8, 4) is 0 Å². The van der Waals surface area contributed by atoms with Gasteiger partial charge in [0.1, 0.15) is 5.82 Å². The lowest BCUT2D eigenvalue weighted by Gasteiger charge is -2.20. The summed E-state index contributed by atoms with van der Waals surface area (Å²) in [5, 5.41) is 0. The van der Waals surface area contributed by atoms with Gasteiger partial charge in [-0.05, 0) is 47.7 Å². The van der Waals surface area contributed by atoms with E-state index in [4.69, 9.17) is 5.84 Å². The van der Waals surface area contributed by atoms with E-state index in [9.17, 15) is 4.39 Å². The summed E-state index contributed by atoms with van der Waals surface area (Å²) < 4.78 is 13.4. The molecule has 100 valence electrons. The summed E-state index contributed by atoms with van der Waals surface area (Å²) in [6.45, 7) is 3.82. The molecule has 1 aromatic heterocycles. The number of nitrogens with one attached hydrogen (secondary N) is 1. The molecule has 4 heteroatoms. The van der Waals surface area contributed by atoms with Gasteiger partial charge in [0.05, 0.1) is 6.04 Å². The molecule has 0 aliphatic heterocycles. The number of pyridine rings is 1. The molecule has 0 fully saturated rings. The fraction of sp³-hybridized carbons (Fsp3) is 0.267. The summed E-state index contributed by atoms with van der Waals surface area (Å²) in [6, 6.07) is 6.84. The molecule has 0 bridgehead atoms. The molecule has 0 spiro atoms. The molecule has 0 aliphatic carbocycles. The van der Waals surface area contributed by atoms with E-state index in [0.717, 1.165) is 23.1 Å². The van der Waals surface area contributed by atoms with Gasteiger partial charge in [0.15, 0.2) is 0 Å². The van der Waals surface area contributed by atoms with Gasteiger partial charge in [-0.1, -0.05) is 19.1 Å². The molecule has 2 rings (SSSR count). The van der Waals surface area contributed by atoms with Crippen LogP contribution in [0.15, 0.2) is 36.7 Å². The maximum Gasteiger partial charge on any atom is 0.126 e. The zero-order valence-electron chi connectivity index (χ0n) is 11.2. The lowest BCUT2D eigenvalue weighted by molar-refractivity contribution is 0.606. The topological polar surface area (TPSA) is 50.9 Å². The minimum atomic E-state index is -0.204. The van der Waals surface area contributed by atoms with Crippen molar-refractivity contribution < 1.29 is 4.39 Å². The molecular weight excluding hydrogens is 241 g/mol. The van der Waals surface area contributed by atoms with Crippen LogP contribution in [0.5, 0.6) is 0 Å². The summed E-state index contributed by atoms with van der Waals surface area (Å²) in [6.07, 6.45) is 4.47. The van der Waals surface area contributed by atoms with Crippen LogP contribution in [-0.2, 0) is 6.42 Å². The Morgan fingerprint density at radius 1 is 1.37 bits per heavy atom. The van der Waals surface area contributed by atoms with E-state index >= 15 is 0 Å². The van der Waals surface area contributed by atoms with Gasteiger partial charge in [0, 0.05) is 12.4 Å². The Morgan fingerprint density at radius 2 is 2.16 bits per heavy atom. The van der Waals surface area contributed by atoms with Crippen LogP contribution in [-0.4, -0.2) is 4.98 Å². The monoisotopic (exact) mass is 259 g/mol. The second-order valence-electron chi connectivity index (χ2n) is 4.54. The highest BCUT2D eigenvalue weighted by Crippen LogP contribution is 2.25. The Balaban J connectivity index is 2.46. The number of benzene rings is 1.